The molecule has 264 valence electrons. The molecule has 0 saturated heterocycles. The molecule has 0 aliphatic carbocycles. The highest BCUT2D eigenvalue weighted by atomic mass is 79.9. The predicted molar refractivity (Wildman–Crippen MR) is 163 cm³/mol. The van der Waals surface area contributed by atoms with Crippen molar-refractivity contribution in [1.29, 1.82) is 0 Å². The molecule has 1 aliphatic heterocycles. The van der Waals surface area contributed by atoms with Crippen LogP contribution >= 0.6 is 15.9 Å². The van der Waals surface area contributed by atoms with Crippen molar-refractivity contribution in [2.24, 2.45) is 0 Å². The highest BCUT2D eigenvalue weighted by molar-refractivity contribution is 9.10. The second kappa shape index (κ2) is 15.2. The molecule has 3 aromatic rings. The van der Waals surface area contributed by atoms with E-state index < -0.39 is 59.8 Å². The fourth-order valence-electron chi connectivity index (χ4n) is 5.37. The number of halogens is 10. The third-order valence-corrected chi connectivity index (χ3v) is 8.38. The summed E-state index contributed by atoms with van der Waals surface area (Å²) < 4.78 is 128. The first-order chi connectivity index (χ1) is 22.9. The second-order valence-corrected chi connectivity index (χ2v) is 12.0. The third kappa shape index (κ3) is 9.53. The van der Waals surface area contributed by atoms with Crippen LogP contribution in [0.4, 0.5) is 55.9 Å². The number of fused-ring (bicyclic) bond motifs is 1. The van der Waals surface area contributed by atoms with Crippen molar-refractivity contribution in [1.82, 2.24) is 9.97 Å². The van der Waals surface area contributed by atoms with Crippen LogP contribution in [0.1, 0.15) is 78.6 Å². The van der Waals surface area contributed by atoms with Crippen molar-refractivity contribution in [3.05, 3.63) is 86.7 Å². The number of hydrogen-bond donors (Lipinski definition) is 1. The first-order valence-electron chi connectivity index (χ1n) is 14.8. The average Bonchev–Trinajstić information content (AvgIpc) is 3.02. The van der Waals surface area contributed by atoms with E-state index in [1.165, 1.54) is 17.2 Å². The number of benzene rings is 2. The smallest absolute Gasteiger partial charge is 0.416 e. The molecule has 2 aromatic carbocycles. The molecule has 0 spiro atoms. The number of allylic oxidation sites excluding steroid dienone is 1. The lowest BCUT2D eigenvalue weighted by atomic mass is 9.89. The van der Waals surface area contributed by atoms with Crippen molar-refractivity contribution in [3.63, 3.8) is 0 Å². The number of carbonyl (C=O) groups is 1. The van der Waals surface area contributed by atoms with Crippen LogP contribution in [0, 0.1) is 0 Å². The van der Waals surface area contributed by atoms with E-state index in [-0.39, 0.29) is 52.0 Å². The number of carbonyl (C=O) groups excluding carboxylic acids is 2. The van der Waals surface area contributed by atoms with Crippen molar-refractivity contribution in [2.45, 2.75) is 76.1 Å². The summed E-state index contributed by atoms with van der Waals surface area (Å²) in [5.74, 6) is 1.49. The van der Waals surface area contributed by atoms with Gasteiger partial charge in [-0.2, -0.15) is 39.5 Å². The number of ether oxygens (including phenoxy) is 1. The molecule has 1 N–H and O–H groups in total. The summed E-state index contributed by atoms with van der Waals surface area (Å²) in [5, 5.41) is 2.95. The van der Waals surface area contributed by atoms with Crippen LogP contribution in [0.25, 0.3) is 0 Å². The first-order valence-corrected chi connectivity index (χ1v) is 15.6. The van der Waals surface area contributed by atoms with Gasteiger partial charge in [-0.15, -0.1) is 0 Å². The SMILES string of the molecule is CC[C@@H]1C[C@H](Nc2ncc(Br)c(Cc3cc(C(F)(F)F)cc(C(F)(F)F)c3)n2)c2cc(C(F)(F)F)ccc2N1C(=O)OCCCCC=C=O. The summed E-state index contributed by atoms with van der Waals surface area (Å²) in [4.78, 5) is 33.2. The van der Waals surface area contributed by atoms with E-state index in [1.807, 2.05) is 0 Å². The number of aromatic nitrogens is 2. The lowest BCUT2D eigenvalue weighted by Crippen LogP contribution is -2.46. The van der Waals surface area contributed by atoms with Crippen molar-refractivity contribution in [3.8, 4) is 0 Å². The van der Waals surface area contributed by atoms with Gasteiger partial charge in [-0.25, -0.2) is 19.6 Å². The summed E-state index contributed by atoms with van der Waals surface area (Å²) in [6.45, 7) is 1.77. The zero-order valence-corrected chi connectivity index (χ0v) is 27.2. The Morgan fingerprint density at radius 3 is 2.24 bits per heavy atom. The minimum atomic E-state index is -5.06. The summed E-state index contributed by atoms with van der Waals surface area (Å²) in [7, 11) is 0. The van der Waals surface area contributed by atoms with E-state index in [9.17, 15) is 49.1 Å². The second-order valence-electron chi connectivity index (χ2n) is 11.1. The Balaban J connectivity index is 1.66. The molecule has 7 nitrogen and oxygen atoms in total. The van der Waals surface area contributed by atoms with Crippen LogP contribution in [0.3, 0.4) is 0 Å². The Kier molecular flexibility index (Phi) is 11.7. The van der Waals surface area contributed by atoms with Gasteiger partial charge in [0.1, 0.15) is 5.94 Å². The average molecular weight is 767 g/mol. The van der Waals surface area contributed by atoms with Crippen LogP contribution in [-0.4, -0.2) is 34.7 Å². The molecule has 49 heavy (non-hydrogen) atoms. The number of amides is 1. The van der Waals surface area contributed by atoms with Crippen LogP contribution in [0.2, 0.25) is 0 Å². The molecule has 0 unspecified atom stereocenters. The molecule has 0 fully saturated rings. The highest BCUT2D eigenvalue weighted by Crippen LogP contribution is 2.43. The number of alkyl halides is 9. The Morgan fingerprint density at radius 1 is 1.00 bits per heavy atom. The Morgan fingerprint density at radius 2 is 1.65 bits per heavy atom. The monoisotopic (exact) mass is 766 g/mol. The maximum atomic E-state index is 13.8. The van der Waals surface area contributed by atoms with Gasteiger partial charge in [0.25, 0.3) is 0 Å². The molecular weight excluding hydrogens is 739 g/mol. The van der Waals surface area contributed by atoms with Gasteiger partial charge in [0.05, 0.1) is 45.2 Å². The van der Waals surface area contributed by atoms with E-state index >= 15 is 0 Å². The Bertz CT molecular complexity index is 1670. The van der Waals surface area contributed by atoms with Gasteiger partial charge in [-0.05, 0) is 102 Å². The van der Waals surface area contributed by atoms with Crippen LogP contribution in [-0.2, 0) is 34.5 Å². The standard InChI is InChI=1S/C32H28BrF9N4O3/c1-2-22-16-25(23-15-19(30(34,35)36)7-8-27(23)46(22)29(48)49-10-6-4-3-5-9-47)44-28-43-17-24(33)26(45-28)13-18-11-20(31(37,38)39)14-21(12-18)32(40,41)42/h5,7-8,11-12,14-15,17,22,25H,2-4,6,10,13,16H2,1H3,(H,43,44,45)/t22-,25+/m1/s1. The number of nitrogens with zero attached hydrogens (tertiary/aromatic N) is 3. The van der Waals surface area contributed by atoms with Gasteiger partial charge < -0.3 is 10.1 Å². The Hall–Kier alpha value is -4.11. The quantitative estimate of drug-likeness (QED) is 0.126. The lowest BCUT2D eigenvalue weighted by molar-refractivity contribution is -0.143. The largest absolute Gasteiger partial charge is 0.449 e. The third-order valence-electron chi connectivity index (χ3n) is 7.72. The minimum Gasteiger partial charge on any atom is -0.449 e. The van der Waals surface area contributed by atoms with E-state index in [0.717, 1.165) is 18.2 Å². The van der Waals surface area contributed by atoms with E-state index in [4.69, 9.17) is 4.74 Å². The molecule has 1 aromatic heterocycles. The summed E-state index contributed by atoms with van der Waals surface area (Å²) in [6.07, 6.45) is -11.7. The first kappa shape index (κ1) is 37.7. The topological polar surface area (TPSA) is 84.4 Å². The van der Waals surface area contributed by atoms with Crippen molar-refractivity contribution < 1.29 is 53.8 Å². The number of hydrogen-bond acceptors (Lipinski definition) is 6. The molecule has 2 atom stereocenters. The maximum absolute atomic E-state index is 13.8. The van der Waals surface area contributed by atoms with Crippen LogP contribution < -0.4 is 10.2 Å². The fraction of sp³-hybridized carbons (Fsp3) is 0.406. The number of nitrogens with one attached hydrogen (secondary N) is 1. The summed E-state index contributed by atoms with van der Waals surface area (Å²) in [6, 6.07) is 2.57. The molecule has 17 heteroatoms. The summed E-state index contributed by atoms with van der Waals surface area (Å²) in [5.41, 5.74) is -4.12. The van der Waals surface area contributed by atoms with E-state index in [2.05, 4.69) is 31.2 Å². The molecule has 0 saturated carbocycles. The van der Waals surface area contributed by atoms with E-state index in [1.54, 1.807) is 12.9 Å². The predicted octanol–water partition coefficient (Wildman–Crippen LogP) is 9.72. The van der Waals surface area contributed by atoms with Crippen molar-refractivity contribution >= 4 is 39.6 Å². The molecule has 1 aliphatic rings. The molecule has 0 radical (unpaired) electrons. The number of unbranched alkanes of at least 4 members (excludes halogenated alkanes) is 2. The van der Waals surface area contributed by atoms with Gasteiger partial charge in [0.2, 0.25) is 5.95 Å². The Labute approximate surface area is 282 Å². The summed E-state index contributed by atoms with van der Waals surface area (Å²) >= 11 is 3.17. The van der Waals surface area contributed by atoms with Gasteiger partial charge in [-0.1, -0.05) is 6.92 Å². The van der Waals surface area contributed by atoms with Crippen LogP contribution in [0.15, 0.2) is 53.1 Å². The normalized spacial score (nSPS) is 16.5. The highest BCUT2D eigenvalue weighted by Gasteiger charge is 2.40. The van der Waals surface area contributed by atoms with Crippen LogP contribution in [0.5, 0.6) is 0 Å². The zero-order valence-electron chi connectivity index (χ0n) is 25.6. The van der Waals surface area contributed by atoms with Gasteiger partial charge in [0.15, 0.2) is 0 Å². The van der Waals surface area contributed by atoms with E-state index in [0.29, 0.717) is 37.8 Å². The minimum absolute atomic E-state index is 0.00195. The van der Waals surface area contributed by atoms with Crippen molar-refractivity contribution in [2.75, 3.05) is 16.8 Å². The molecular formula is C32H28BrF9N4O3. The number of anilines is 2. The maximum Gasteiger partial charge on any atom is 0.416 e. The number of rotatable bonds is 10. The van der Waals surface area contributed by atoms with Gasteiger partial charge in [0, 0.05) is 18.7 Å². The lowest BCUT2D eigenvalue weighted by Gasteiger charge is -2.40. The van der Waals surface area contributed by atoms with Gasteiger partial charge >= 0.3 is 24.6 Å². The molecule has 2 heterocycles. The zero-order chi connectivity index (χ0) is 36.1. The molecule has 1 amide bonds. The molecule has 4 rings (SSSR count). The fourth-order valence-corrected chi connectivity index (χ4v) is 5.70. The van der Waals surface area contributed by atoms with Gasteiger partial charge in [-0.3, -0.25) is 4.90 Å². The molecule has 0 bridgehead atoms.